The van der Waals surface area contributed by atoms with Gasteiger partial charge in [0, 0.05) is 34.3 Å². The molecule has 5 aromatic rings. The van der Waals surface area contributed by atoms with Gasteiger partial charge in [-0.1, -0.05) is 98.8 Å². The minimum absolute atomic E-state index is 0.0190. The maximum Gasteiger partial charge on any atom is 0.327 e. The summed E-state index contributed by atoms with van der Waals surface area (Å²) in [4.78, 5) is 11.9. The van der Waals surface area contributed by atoms with Crippen LogP contribution in [0.1, 0.15) is 31.6 Å². The zero-order valence-electron chi connectivity index (χ0n) is 22.3. The smallest absolute Gasteiger partial charge is 0.327 e. The highest BCUT2D eigenvalue weighted by Gasteiger charge is 2.28. The quantitative estimate of drug-likeness (QED) is 0.182. The van der Waals surface area contributed by atoms with Gasteiger partial charge in [0.1, 0.15) is 17.4 Å². The van der Waals surface area contributed by atoms with Crippen LogP contribution in [0.3, 0.4) is 0 Å². The molecule has 0 spiro atoms. The molecule has 0 radical (unpaired) electrons. The van der Waals surface area contributed by atoms with Gasteiger partial charge in [0.2, 0.25) is 0 Å². The Morgan fingerprint density at radius 2 is 1.43 bits per heavy atom. The van der Waals surface area contributed by atoms with Crippen molar-refractivity contribution in [3.05, 3.63) is 114 Å². The van der Waals surface area contributed by atoms with Crippen molar-refractivity contribution in [2.45, 2.75) is 32.7 Å². The van der Waals surface area contributed by atoms with E-state index in [-0.39, 0.29) is 12.3 Å². The summed E-state index contributed by atoms with van der Waals surface area (Å²) in [6.07, 6.45) is 0.890. The van der Waals surface area contributed by atoms with Gasteiger partial charge in [-0.05, 0) is 52.8 Å². The van der Waals surface area contributed by atoms with Crippen LogP contribution >= 0.6 is 0 Å². The number of benzene rings is 4. The summed E-state index contributed by atoms with van der Waals surface area (Å²) in [5.74, 6) is -0.244. The van der Waals surface area contributed by atoms with Crippen LogP contribution in [0, 0.1) is 5.92 Å². The first-order valence-corrected chi connectivity index (χ1v) is 14.2. The second kappa shape index (κ2) is 11.9. The largest absolute Gasteiger partial charge is 0.755 e. The van der Waals surface area contributed by atoms with Gasteiger partial charge in [0.05, 0.1) is 0 Å². The van der Waals surface area contributed by atoms with E-state index in [1.165, 1.54) is 5.56 Å². The van der Waals surface area contributed by atoms with E-state index in [9.17, 15) is 18.7 Å². The number of rotatable bonds is 10. The van der Waals surface area contributed by atoms with E-state index in [0.717, 1.165) is 43.3 Å². The van der Waals surface area contributed by atoms with Crippen LogP contribution in [-0.2, 0) is 22.5 Å². The SMILES string of the molecule is CC(C)CC(C(=O)O)N(c1ccc(-c2ccc(-c3c(Cc4ccccc4)oc4ccccc34)cc2)cc1)S(=O)[O-]. The van der Waals surface area contributed by atoms with Gasteiger partial charge in [-0.3, -0.25) is 8.51 Å². The summed E-state index contributed by atoms with van der Waals surface area (Å²) in [5.41, 5.74) is 6.30. The van der Waals surface area contributed by atoms with Crippen molar-refractivity contribution in [2.75, 3.05) is 4.31 Å². The highest BCUT2D eigenvalue weighted by molar-refractivity contribution is 7.80. The molecule has 0 amide bonds. The fourth-order valence-corrected chi connectivity index (χ4v) is 5.74. The summed E-state index contributed by atoms with van der Waals surface area (Å²) in [6, 6.07) is 32.2. The van der Waals surface area contributed by atoms with Gasteiger partial charge in [0.25, 0.3) is 0 Å². The molecule has 0 bridgehead atoms. The lowest BCUT2D eigenvalue weighted by Crippen LogP contribution is -2.43. The maximum atomic E-state index is 12.0. The van der Waals surface area contributed by atoms with Crippen LogP contribution in [0.2, 0.25) is 0 Å². The predicted molar refractivity (Wildman–Crippen MR) is 159 cm³/mol. The molecule has 5 rings (SSSR count). The van der Waals surface area contributed by atoms with Crippen molar-refractivity contribution in [1.29, 1.82) is 0 Å². The molecule has 4 aromatic carbocycles. The molecule has 1 N–H and O–H groups in total. The summed E-state index contributed by atoms with van der Waals surface area (Å²) in [6.45, 7) is 3.73. The Labute approximate surface area is 236 Å². The number of carboxylic acid groups (broad SMARTS) is 1. The molecule has 0 saturated carbocycles. The Kier molecular flexibility index (Phi) is 8.14. The third-order valence-corrected chi connectivity index (χ3v) is 7.71. The van der Waals surface area contributed by atoms with Crippen LogP contribution in [0.5, 0.6) is 0 Å². The Hall–Kier alpha value is -4.20. The summed E-state index contributed by atoms with van der Waals surface area (Å²) >= 11 is -2.73. The topological polar surface area (TPSA) is 93.8 Å². The Balaban J connectivity index is 1.44. The first kappa shape index (κ1) is 27.4. The number of para-hydroxylation sites is 1. The van der Waals surface area contributed by atoms with Gasteiger partial charge in [-0.2, -0.15) is 0 Å². The van der Waals surface area contributed by atoms with Crippen molar-refractivity contribution < 1.29 is 23.1 Å². The Morgan fingerprint density at radius 1 is 0.850 bits per heavy atom. The van der Waals surface area contributed by atoms with Gasteiger partial charge in [-0.15, -0.1) is 0 Å². The monoisotopic (exact) mass is 552 g/mol. The molecule has 2 unspecified atom stereocenters. The zero-order chi connectivity index (χ0) is 28.2. The van der Waals surface area contributed by atoms with Crippen LogP contribution in [0.15, 0.2) is 108 Å². The van der Waals surface area contributed by atoms with Crippen molar-refractivity contribution in [2.24, 2.45) is 5.92 Å². The second-order valence-electron chi connectivity index (χ2n) is 10.2. The van der Waals surface area contributed by atoms with Gasteiger partial charge in [-0.25, -0.2) is 4.79 Å². The van der Waals surface area contributed by atoms with Crippen LogP contribution in [-0.4, -0.2) is 25.9 Å². The van der Waals surface area contributed by atoms with E-state index >= 15 is 0 Å². The van der Waals surface area contributed by atoms with Gasteiger partial charge < -0.3 is 14.1 Å². The molecule has 0 fully saturated rings. The molecule has 6 nitrogen and oxygen atoms in total. The van der Waals surface area contributed by atoms with Crippen LogP contribution in [0.25, 0.3) is 33.2 Å². The van der Waals surface area contributed by atoms with Crippen molar-refractivity contribution in [3.63, 3.8) is 0 Å². The molecule has 0 aliphatic carbocycles. The average molecular weight is 553 g/mol. The summed E-state index contributed by atoms with van der Waals surface area (Å²) < 4.78 is 31.3. The average Bonchev–Trinajstić information content (AvgIpc) is 3.31. The van der Waals surface area contributed by atoms with E-state index < -0.39 is 23.3 Å². The molecule has 1 aromatic heterocycles. The Bertz CT molecular complexity index is 1630. The molecule has 0 aliphatic rings. The number of nitrogens with zero attached hydrogens (tertiary/aromatic N) is 1. The molecule has 0 aliphatic heterocycles. The fourth-order valence-electron chi connectivity index (χ4n) is 5.06. The summed E-state index contributed by atoms with van der Waals surface area (Å²) in [7, 11) is 0. The molecular weight excluding hydrogens is 522 g/mol. The Morgan fingerprint density at radius 3 is 2.02 bits per heavy atom. The first-order chi connectivity index (χ1) is 19.3. The number of aliphatic carboxylic acids is 1. The van der Waals surface area contributed by atoms with Crippen molar-refractivity contribution >= 4 is 33.9 Å². The molecule has 0 saturated heterocycles. The third-order valence-electron chi connectivity index (χ3n) is 6.93. The number of anilines is 1. The lowest BCUT2D eigenvalue weighted by Gasteiger charge is -2.33. The molecule has 40 heavy (non-hydrogen) atoms. The maximum absolute atomic E-state index is 12.0. The van der Waals surface area contributed by atoms with E-state index in [0.29, 0.717) is 12.1 Å². The molecule has 1 heterocycles. The molecule has 7 heteroatoms. The lowest BCUT2D eigenvalue weighted by molar-refractivity contribution is -0.138. The molecular formula is C33H30NO5S-. The van der Waals surface area contributed by atoms with E-state index in [2.05, 4.69) is 30.3 Å². The number of carbonyl (C=O) groups is 1. The highest BCUT2D eigenvalue weighted by Crippen LogP contribution is 2.37. The standard InChI is InChI=1S/C33H31NO5S/c1-22(2)20-29(33(35)36)34(40(37)38)27-18-16-25(17-19-27)24-12-14-26(15-13-24)32-28-10-6-7-11-30(28)39-31(32)21-23-8-4-3-5-9-23/h3-19,22,29H,20-21H2,1-2H3,(H,35,36)(H,37,38)/p-1. The van der Waals surface area contributed by atoms with Crippen molar-refractivity contribution in [1.82, 2.24) is 0 Å². The van der Waals surface area contributed by atoms with Gasteiger partial charge >= 0.3 is 5.97 Å². The number of hydrogen-bond donors (Lipinski definition) is 1. The fraction of sp³-hybridized carbons (Fsp3) is 0.182. The van der Waals surface area contributed by atoms with Crippen LogP contribution in [0.4, 0.5) is 5.69 Å². The van der Waals surface area contributed by atoms with E-state index in [1.807, 2.05) is 74.5 Å². The highest BCUT2D eigenvalue weighted by atomic mass is 32.2. The molecule has 2 atom stereocenters. The minimum atomic E-state index is -2.73. The van der Waals surface area contributed by atoms with Gasteiger partial charge in [0.15, 0.2) is 0 Å². The van der Waals surface area contributed by atoms with Crippen molar-refractivity contribution in [3.8, 4) is 22.3 Å². The van der Waals surface area contributed by atoms with E-state index in [1.54, 1.807) is 12.1 Å². The number of carboxylic acids is 1. The summed E-state index contributed by atoms with van der Waals surface area (Å²) in [5, 5.41) is 10.7. The number of furan rings is 1. The second-order valence-corrected chi connectivity index (χ2v) is 11.0. The zero-order valence-corrected chi connectivity index (χ0v) is 23.1. The predicted octanol–water partition coefficient (Wildman–Crippen LogP) is 7.46. The first-order valence-electron chi connectivity index (χ1n) is 13.2. The number of fused-ring (bicyclic) bond motifs is 1. The molecule has 204 valence electrons. The number of hydrogen-bond acceptors (Lipinski definition) is 4. The van der Waals surface area contributed by atoms with E-state index in [4.69, 9.17) is 4.42 Å². The normalized spacial score (nSPS) is 12.9. The van der Waals surface area contributed by atoms with Crippen LogP contribution < -0.4 is 4.31 Å². The minimum Gasteiger partial charge on any atom is -0.755 e. The third kappa shape index (κ3) is 5.86. The lowest BCUT2D eigenvalue weighted by atomic mass is 9.96.